The maximum atomic E-state index is 12.5. The van der Waals surface area contributed by atoms with Crippen LogP contribution in [0.2, 0.25) is 0 Å². The van der Waals surface area contributed by atoms with Gasteiger partial charge in [0.2, 0.25) is 0 Å². The summed E-state index contributed by atoms with van der Waals surface area (Å²) in [6.45, 7) is 5.97. The normalized spacial score (nSPS) is 17.6. The van der Waals surface area contributed by atoms with E-state index in [1.807, 2.05) is 69.3 Å². The molecule has 0 radical (unpaired) electrons. The van der Waals surface area contributed by atoms with Gasteiger partial charge in [-0.05, 0) is 67.3 Å². The Kier molecular flexibility index (Phi) is 6.79. The molecule has 2 unspecified atom stereocenters. The van der Waals surface area contributed by atoms with E-state index in [1.165, 1.54) is 0 Å². The van der Waals surface area contributed by atoms with E-state index in [0.29, 0.717) is 27.6 Å². The van der Waals surface area contributed by atoms with Gasteiger partial charge in [0.15, 0.2) is 5.75 Å². The number of hydrogen-bond donors (Lipinski definition) is 0. The van der Waals surface area contributed by atoms with Gasteiger partial charge in [-0.2, -0.15) is 0 Å². The van der Waals surface area contributed by atoms with Crippen LogP contribution in [0.15, 0.2) is 96.6 Å². The summed E-state index contributed by atoms with van der Waals surface area (Å²) >= 11 is 0. The number of nitrogens with zero attached hydrogens (tertiary/aromatic N) is 2. The van der Waals surface area contributed by atoms with Crippen LogP contribution in [-0.2, 0) is 0 Å². The Morgan fingerprint density at radius 2 is 1.27 bits per heavy atom. The summed E-state index contributed by atoms with van der Waals surface area (Å²) in [5, 5.41) is 25.8. The van der Waals surface area contributed by atoms with Crippen molar-refractivity contribution in [3.8, 4) is 22.6 Å². The number of hydrogen-bond acceptors (Lipinski definition) is 6. The molecule has 4 rings (SSSR count). The van der Waals surface area contributed by atoms with Gasteiger partial charge < -0.3 is 20.1 Å². The fourth-order valence-electron chi connectivity index (χ4n) is 3.65. The fraction of sp³-hybridized carbons (Fsp3) is 0.185. The topological polar surface area (TPSA) is 71.1 Å². The Labute approximate surface area is 194 Å². The van der Waals surface area contributed by atoms with Crippen LogP contribution in [0.4, 0.5) is 5.69 Å². The SMILES string of the molecule is CC1=CC(C)C(N([O-])Oc2ccc(-c3ccc(ON([O-])c4ccc(C)cc4)cc3)cc2)C=C1. The molecule has 0 aliphatic heterocycles. The Bertz CT molecular complexity index is 1120. The van der Waals surface area contributed by atoms with Crippen LogP contribution in [0.1, 0.15) is 19.4 Å². The molecule has 2 atom stereocenters. The highest BCUT2D eigenvalue weighted by molar-refractivity contribution is 5.65. The van der Waals surface area contributed by atoms with Gasteiger partial charge in [0.25, 0.3) is 0 Å². The summed E-state index contributed by atoms with van der Waals surface area (Å²) in [6, 6.07) is 21.3. The summed E-state index contributed by atoms with van der Waals surface area (Å²) in [5.74, 6) is 0.986. The van der Waals surface area contributed by atoms with Gasteiger partial charge in [0.1, 0.15) is 5.75 Å². The number of anilines is 1. The van der Waals surface area contributed by atoms with Crippen LogP contribution in [0, 0.1) is 23.3 Å². The Morgan fingerprint density at radius 3 is 1.82 bits per heavy atom. The molecule has 0 fully saturated rings. The van der Waals surface area contributed by atoms with Gasteiger partial charge in [-0.15, -0.1) is 0 Å². The average molecular weight is 443 g/mol. The Hall–Kier alpha value is -3.58. The van der Waals surface area contributed by atoms with Gasteiger partial charge in [0, 0.05) is 0 Å². The first-order chi connectivity index (χ1) is 15.9. The van der Waals surface area contributed by atoms with Crippen LogP contribution < -0.4 is 14.9 Å². The first kappa shape index (κ1) is 22.6. The van der Waals surface area contributed by atoms with E-state index in [9.17, 15) is 10.4 Å². The maximum absolute atomic E-state index is 12.5. The molecule has 0 saturated carbocycles. The predicted molar refractivity (Wildman–Crippen MR) is 131 cm³/mol. The standard InChI is InChI=1S/C27H26N2O4/c1-19-4-11-24(12-5-19)28(30)32-25-13-7-22(8-14-25)23-9-15-26(16-10-23)33-29(31)27-17-6-20(2)18-21(27)3/h4-18,21,27H,1-3H3/q-2. The van der Waals surface area contributed by atoms with E-state index >= 15 is 0 Å². The molecule has 0 amide bonds. The summed E-state index contributed by atoms with van der Waals surface area (Å²) in [6.07, 6.45) is 5.86. The van der Waals surface area contributed by atoms with Crippen molar-refractivity contribution in [1.82, 2.24) is 5.23 Å². The summed E-state index contributed by atoms with van der Waals surface area (Å²) < 4.78 is 0. The van der Waals surface area contributed by atoms with E-state index < -0.39 is 0 Å². The van der Waals surface area contributed by atoms with Gasteiger partial charge in [-0.3, -0.25) is 5.23 Å². The van der Waals surface area contributed by atoms with Gasteiger partial charge in [-0.1, -0.05) is 72.7 Å². The highest BCUT2D eigenvalue weighted by atomic mass is 16.9. The number of rotatable bonds is 7. The second-order valence-electron chi connectivity index (χ2n) is 8.23. The molecule has 0 heterocycles. The van der Waals surface area contributed by atoms with E-state index in [0.717, 1.165) is 22.3 Å². The van der Waals surface area contributed by atoms with Gasteiger partial charge in [-0.25, -0.2) is 5.23 Å². The molecule has 3 aromatic rings. The molecular weight excluding hydrogens is 416 g/mol. The lowest BCUT2D eigenvalue weighted by atomic mass is 9.94. The molecule has 6 nitrogen and oxygen atoms in total. The minimum absolute atomic E-state index is 0.0727. The van der Waals surface area contributed by atoms with Crippen LogP contribution in [-0.4, -0.2) is 11.3 Å². The van der Waals surface area contributed by atoms with Crippen molar-refractivity contribution in [2.75, 3.05) is 5.23 Å². The highest BCUT2D eigenvalue weighted by Gasteiger charge is 2.18. The molecule has 0 N–H and O–H groups in total. The molecule has 0 saturated heterocycles. The third kappa shape index (κ3) is 5.62. The maximum Gasteiger partial charge on any atom is 0.154 e. The largest absolute Gasteiger partial charge is 0.752 e. The lowest BCUT2D eigenvalue weighted by molar-refractivity contribution is -0.0421. The third-order valence-electron chi connectivity index (χ3n) is 5.53. The van der Waals surface area contributed by atoms with E-state index in [2.05, 4.69) is 6.08 Å². The van der Waals surface area contributed by atoms with E-state index in [1.54, 1.807) is 36.4 Å². The van der Waals surface area contributed by atoms with Crippen LogP contribution in [0.3, 0.4) is 0 Å². The minimum Gasteiger partial charge on any atom is -0.752 e. The number of allylic oxidation sites excluding steroid dienone is 2. The third-order valence-corrected chi connectivity index (χ3v) is 5.53. The van der Waals surface area contributed by atoms with Crippen molar-refractivity contribution < 1.29 is 9.68 Å². The zero-order chi connectivity index (χ0) is 23.4. The smallest absolute Gasteiger partial charge is 0.154 e. The number of benzene rings is 3. The second kappa shape index (κ2) is 9.92. The van der Waals surface area contributed by atoms with Crippen molar-refractivity contribution in [2.24, 2.45) is 5.92 Å². The molecule has 1 aliphatic carbocycles. The zero-order valence-electron chi connectivity index (χ0n) is 18.8. The van der Waals surface area contributed by atoms with Crippen LogP contribution >= 0.6 is 0 Å². The molecule has 170 valence electrons. The fourth-order valence-corrected chi connectivity index (χ4v) is 3.65. The molecule has 3 aromatic carbocycles. The number of aryl methyl sites for hydroxylation is 1. The van der Waals surface area contributed by atoms with Gasteiger partial charge >= 0.3 is 0 Å². The second-order valence-corrected chi connectivity index (χ2v) is 8.23. The van der Waals surface area contributed by atoms with E-state index in [-0.39, 0.29) is 12.0 Å². The van der Waals surface area contributed by atoms with Crippen molar-refractivity contribution in [3.63, 3.8) is 0 Å². The zero-order valence-corrected chi connectivity index (χ0v) is 18.8. The summed E-state index contributed by atoms with van der Waals surface area (Å²) in [4.78, 5) is 10.9. The van der Waals surface area contributed by atoms with Gasteiger partial charge in [0.05, 0.1) is 11.7 Å². The lowest BCUT2D eigenvalue weighted by Crippen LogP contribution is -2.36. The highest BCUT2D eigenvalue weighted by Crippen LogP contribution is 2.27. The Morgan fingerprint density at radius 1 is 0.727 bits per heavy atom. The number of hydroxylamine groups is 2. The quantitative estimate of drug-likeness (QED) is 0.385. The Balaban J connectivity index is 1.36. The minimum atomic E-state index is -0.360. The first-order valence-electron chi connectivity index (χ1n) is 10.8. The molecule has 0 aromatic heterocycles. The van der Waals surface area contributed by atoms with Crippen LogP contribution in [0.25, 0.3) is 11.1 Å². The van der Waals surface area contributed by atoms with Crippen molar-refractivity contribution in [1.29, 1.82) is 0 Å². The molecule has 0 spiro atoms. The molecule has 33 heavy (non-hydrogen) atoms. The van der Waals surface area contributed by atoms with Crippen molar-refractivity contribution in [3.05, 3.63) is 113 Å². The molecule has 0 bridgehead atoms. The van der Waals surface area contributed by atoms with Crippen molar-refractivity contribution in [2.45, 2.75) is 26.8 Å². The summed E-state index contributed by atoms with van der Waals surface area (Å²) in [7, 11) is 0. The molecule has 6 heteroatoms. The average Bonchev–Trinajstić information content (AvgIpc) is 2.80. The summed E-state index contributed by atoms with van der Waals surface area (Å²) in [5.41, 5.74) is 4.55. The predicted octanol–water partition coefficient (Wildman–Crippen LogP) is 6.57. The van der Waals surface area contributed by atoms with Crippen LogP contribution in [0.5, 0.6) is 11.5 Å². The lowest BCUT2D eigenvalue weighted by Gasteiger charge is -2.37. The first-order valence-corrected chi connectivity index (χ1v) is 10.8. The van der Waals surface area contributed by atoms with E-state index in [4.69, 9.17) is 9.68 Å². The molecular formula is C27H26N2O4-2. The molecule has 1 aliphatic rings. The monoisotopic (exact) mass is 442 g/mol. The van der Waals surface area contributed by atoms with Crippen molar-refractivity contribution >= 4 is 5.69 Å².